The van der Waals surface area contributed by atoms with Crippen molar-refractivity contribution < 1.29 is 19.1 Å². The van der Waals surface area contributed by atoms with E-state index in [0.717, 1.165) is 5.57 Å². The van der Waals surface area contributed by atoms with Crippen LogP contribution in [0.5, 0.6) is 0 Å². The molecular weight excluding hydrogens is 258 g/mol. The Morgan fingerprint density at radius 1 is 1.30 bits per heavy atom. The summed E-state index contributed by atoms with van der Waals surface area (Å²) in [5, 5.41) is 0. The first-order chi connectivity index (χ1) is 9.45. The summed E-state index contributed by atoms with van der Waals surface area (Å²) in [6, 6.07) is 8.39. The van der Waals surface area contributed by atoms with Gasteiger partial charge in [0.25, 0.3) is 5.91 Å². The van der Waals surface area contributed by atoms with Crippen LogP contribution < -0.4 is 5.73 Å². The Hall–Kier alpha value is -2.14. The molecular formula is C15H19NO4. The molecule has 20 heavy (non-hydrogen) atoms. The zero-order valence-corrected chi connectivity index (χ0v) is 11.7. The standard InChI is InChI=1S/C15H19NO4/c1-10(2)9-12(19-3)13(14(16)17)20-15(18)11-7-5-4-6-8-11/h4-8,12-13H,1,9H2,2-3H3,(H2,16,17)/t12-,13-/m0/s1. The Kier molecular flexibility index (Phi) is 5.93. The summed E-state index contributed by atoms with van der Waals surface area (Å²) in [5.74, 6) is -1.36. The highest BCUT2D eigenvalue weighted by atomic mass is 16.6. The van der Waals surface area contributed by atoms with E-state index in [1.165, 1.54) is 7.11 Å². The van der Waals surface area contributed by atoms with Crippen molar-refractivity contribution in [3.63, 3.8) is 0 Å². The molecule has 0 saturated carbocycles. The van der Waals surface area contributed by atoms with Crippen LogP contribution in [0.25, 0.3) is 0 Å². The lowest BCUT2D eigenvalue weighted by Crippen LogP contribution is -2.43. The Labute approximate surface area is 118 Å². The maximum absolute atomic E-state index is 12.0. The van der Waals surface area contributed by atoms with Crippen molar-refractivity contribution >= 4 is 11.9 Å². The van der Waals surface area contributed by atoms with Crippen molar-refractivity contribution in [2.45, 2.75) is 25.6 Å². The van der Waals surface area contributed by atoms with Gasteiger partial charge in [-0.15, -0.1) is 6.58 Å². The van der Waals surface area contributed by atoms with Gasteiger partial charge in [0.15, 0.2) is 0 Å². The number of carbonyl (C=O) groups excluding carboxylic acids is 2. The minimum Gasteiger partial charge on any atom is -0.446 e. The molecule has 0 aliphatic carbocycles. The Balaban J connectivity index is 2.84. The van der Waals surface area contributed by atoms with Gasteiger partial charge in [0.05, 0.1) is 5.56 Å². The molecule has 1 rings (SSSR count). The Morgan fingerprint density at radius 2 is 1.90 bits per heavy atom. The van der Waals surface area contributed by atoms with E-state index >= 15 is 0 Å². The molecule has 0 spiro atoms. The van der Waals surface area contributed by atoms with Gasteiger partial charge in [-0.2, -0.15) is 0 Å². The lowest BCUT2D eigenvalue weighted by Gasteiger charge is -2.23. The highest BCUT2D eigenvalue weighted by molar-refractivity contribution is 5.92. The van der Waals surface area contributed by atoms with Gasteiger partial charge in [-0.25, -0.2) is 4.79 Å². The highest BCUT2D eigenvalue weighted by Gasteiger charge is 2.30. The van der Waals surface area contributed by atoms with E-state index in [1.54, 1.807) is 37.3 Å². The van der Waals surface area contributed by atoms with E-state index in [0.29, 0.717) is 12.0 Å². The van der Waals surface area contributed by atoms with Gasteiger partial charge in [-0.05, 0) is 25.5 Å². The first-order valence-electron chi connectivity index (χ1n) is 6.18. The van der Waals surface area contributed by atoms with E-state index < -0.39 is 24.1 Å². The second-order valence-corrected chi connectivity index (χ2v) is 4.53. The molecule has 0 bridgehead atoms. The van der Waals surface area contributed by atoms with Gasteiger partial charge >= 0.3 is 5.97 Å². The molecule has 0 aliphatic heterocycles. The average Bonchev–Trinajstić information content (AvgIpc) is 2.42. The normalized spacial score (nSPS) is 13.3. The number of nitrogens with two attached hydrogens (primary N) is 1. The molecule has 0 saturated heterocycles. The number of carbonyl (C=O) groups is 2. The van der Waals surface area contributed by atoms with Crippen LogP contribution in [0.4, 0.5) is 0 Å². The molecule has 5 nitrogen and oxygen atoms in total. The number of benzene rings is 1. The van der Waals surface area contributed by atoms with Crippen molar-refractivity contribution in [1.29, 1.82) is 0 Å². The fourth-order valence-electron chi connectivity index (χ4n) is 1.73. The largest absolute Gasteiger partial charge is 0.446 e. The molecule has 1 amide bonds. The fourth-order valence-corrected chi connectivity index (χ4v) is 1.73. The first-order valence-corrected chi connectivity index (χ1v) is 6.18. The number of ether oxygens (including phenoxy) is 2. The third-order valence-electron chi connectivity index (χ3n) is 2.71. The molecule has 0 aliphatic rings. The zero-order chi connectivity index (χ0) is 15.1. The van der Waals surface area contributed by atoms with Crippen LogP contribution >= 0.6 is 0 Å². The Morgan fingerprint density at radius 3 is 2.35 bits per heavy atom. The fraction of sp³-hybridized carbons (Fsp3) is 0.333. The summed E-state index contributed by atoms with van der Waals surface area (Å²) >= 11 is 0. The molecule has 0 unspecified atom stereocenters. The molecule has 1 aromatic rings. The topological polar surface area (TPSA) is 78.6 Å². The molecule has 2 atom stereocenters. The second kappa shape index (κ2) is 7.45. The quantitative estimate of drug-likeness (QED) is 0.607. The molecule has 0 aromatic heterocycles. The van der Waals surface area contributed by atoms with Crippen LogP contribution in [0.1, 0.15) is 23.7 Å². The molecule has 5 heteroatoms. The number of amides is 1. The van der Waals surface area contributed by atoms with E-state index in [4.69, 9.17) is 15.2 Å². The predicted octanol–water partition coefficient (Wildman–Crippen LogP) is 1.68. The van der Waals surface area contributed by atoms with Crippen LogP contribution in [0, 0.1) is 0 Å². The maximum Gasteiger partial charge on any atom is 0.339 e. The van der Waals surface area contributed by atoms with Gasteiger partial charge in [-0.1, -0.05) is 23.8 Å². The monoisotopic (exact) mass is 277 g/mol. The zero-order valence-electron chi connectivity index (χ0n) is 11.7. The maximum atomic E-state index is 12.0. The molecule has 0 heterocycles. The van der Waals surface area contributed by atoms with Crippen molar-refractivity contribution in [2.75, 3.05) is 7.11 Å². The van der Waals surface area contributed by atoms with E-state index in [9.17, 15) is 9.59 Å². The van der Waals surface area contributed by atoms with Gasteiger partial charge in [0.2, 0.25) is 6.10 Å². The van der Waals surface area contributed by atoms with Crippen LogP contribution in [0.15, 0.2) is 42.5 Å². The summed E-state index contributed by atoms with van der Waals surface area (Å²) in [6.07, 6.45) is -1.41. The SMILES string of the molecule is C=C(C)C[C@H](OC)[C@H](OC(=O)c1ccccc1)C(N)=O. The predicted molar refractivity (Wildman–Crippen MR) is 75.1 cm³/mol. The molecule has 0 fully saturated rings. The highest BCUT2D eigenvalue weighted by Crippen LogP contribution is 2.14. The smallest absolute Gasteiger partial charge is 0.339 e. The number of methoxy groups -OCH3 is 1. The third kappa shape index (κ3) is 4.51. The van der Waals surface area contributed by atoms with E-state index in [2.05, 4.69) is 6.58 Å². The Bertz CT molecular complexity index is 484. The van der Waals surface area contributed by atoms with E-state index in [-0.39, 0.29) is 0 Å². The summed E-state index contributed by atoms with van der Waals surface area (Å²) in [5.41, 5.74) is 6.44. The van der Waals surface area contributed by atoms with Crippen LogP contribution in [0.3, 0.4) is 0 Å². The van der Waals surface area contributed by atoms with Crippen molar-refractivity contribution in [3.8, 4) is 0 Å². The average molecular weight is 277 g/mol. The third-order valence-corrected chi connectivity index (χ3v) is 2.71. The minimum atomic E-state index is -1.15. The van der Waals surface area contributed by atoms with Crippen molar-refractivity contribution in [3.05, 3.63) is 48.0 Å². The molecule has 2 N–H and O–H groups in total. The first kappa shape index (κ1) is 15.9. The van der Waals surface area contributed by atoms with Gasteiger partial charge in [-0.3, -0.25) is 4.79 Å². The lowest BCUT2D eigenvalue weighted by atomic mass is 10.1. The van der Waals surface area contributed by atoms with Gasteiger partial charge in [0.1, 0.15) is 6.10 Å². The van der Waals surface area contributed by atoms with Gasteiger partial charge in [0, 0.05) is 7.11 Å². The minimum absolute atomic E-state index is 0.351. The summed E-state index contributed by atoms with van der Waals surface area (Å²) in [7, 11) is 1.43. The number of hydrogen-bond donors (Lipinski definition) is 1. The van der Waals surface area contributed by atoms with Crippen molar-refractivity contribution in [2.24, 2.45) is 5.73 Å². The number of rotatable bonds is 7. The van der Waals surface area contributed by atoms with Crippen LogP contribution in [-0.4, -0.2) is 31.2 Å². The van der Waals surface area contributed by atoms with Crippen molar-refractivity contribution in [1.82, 2.24) is 0 Å². The second-order valence-electron chi connectivity index (χ2n) is 4.53. The number of primary amides is 1. The molecule has 108 valence electrons. The number of hydrogen-bond acceptors (Lipinski definition) is 4. The lowest BCUT2D eigenvalue weighted by molar-refractivity contribution is -0.134. The van der Waals surface area contributed by atoms with Gasteiger partial charge < -0.3 is 15.2 Å². The van der Waals surface area contributed by atoms with Crippen LogP contribution in [-0.2, 0) is 14.3 Å². The summed E-state index contributed by atoms with van der Waals surface area (Å²) < 4.78 is 10.4. The molecule has 1 aromatic carbocycles. The number of esters is 1. The van der Waals surface area contributed by atoms with Crippen LogP contribution in [0.2, 0.25) is 0 Å². The summed E-state index contributed by atoms with van der Waals surface area (Å²) in [4.78, 5) is 23.4. The van der Waals surface area contributed by atoms with E-state index in [1.807, 2.05) is 0 Å². The summed E-state index contributed by atoms with van der Waals surface area (Å²) in [6.45, 7) is 5.54. The molecule has 0 radical (unpaired) electrons.